The first kappa shape index (κ1) is 16.7. The second-order valence-corrected chi connectivity index (χ2v) is 5.24. The number of rotatable bonds is 7. The van der Waals surface area contributed by atoms with Crippen molar-refractivity contribution in [2.45, 2.75) is 19.0 Å². The van der Waals surface area contributed by atoms with Gasteiger partial charge in [0.2, 0.25) is 0 Å². The monoisotopic (exact) mass is 284 g/mol. The number of aliphatic hydroxyl groups is 1. The molecule has 0 bridgehead atoms. The van der Waals surface area contributed by atoms with Crippen molar-refractivity contribution >= 4 is 0 Å². The van der Waals surface area contributed by atoms with Gasteiger partial charge in [-0.05, 0) is 19.9 Å². The second kappa shape index (κ2) is 7.42. The number of ether oxygens (including phenoxy) is 1. The Morgan fingerprint density at radius 1 is 1.42 bits per heavy atom. The molecule has 1 aliphatic rings. The zero-order valence-corrected chi connectivity index (χ0v) is 11.3. The number of hydrogen-bond donors (Lipinski definition) is 2. The Balaban J connectivity index is 2.66. The molecule has 0 radical (unpaired) electrons. The Morgan fingerprint density at radius 2 is 2.16 bits per heavy atom. The average molecular weight is 284 g/mol. The van der Waals surface area contributed by atoms with E-state index in [4.69, 9.17) is 9.84 Å². The van der Waals surface area contributed by atoms with Gasteiger partial charge in [-0.3, -0.25) is 4.90 Å². The number of hydrogen-bond acceptors (Lipinski definition) is 4. The number of halogens is 3. The highest BCUT2D eigenvalue weighted by atomic mass is 19.4. The lowest BCUT2D eigenvalue weighted by atomic mass is 9.81. The van der Waals surface area contributed by atoms with Crippen LogP contribution in [0.2, 0.25) is 0 Å². The van der Waals surface area contributed by atoms with Crippen LogP contribution in [0.5, 0.6) is 0 Å². The van der Waals surface area contributed by atoms with E-state index in [9.17, 15) is 13.2 Å². The van der Waals surface area contributed by atoms with Crippen LogP contribution in [0.25, 0.3) is 0 Å². The third kappa shape index (κ3) is 6.07. The number of alkyl halides is 3. The molecule has 1 aliphatic heterocycles. The summed E-state index contributed by atoms with van der Waals surface area (Å²) in [4.78, 5) is 1.27. The molecule has 2 N–H and O–H groups in total. The highest BCUT2D eigenvalue weighted by Crippen LogP contribution is 2.30. The van der Waals surface area contributed by atoms with Gasteiger partial charge in [0.1, 0.15) is 0 Å². The molecule has 0 aliphatic carbocycles. The molecule has 1 atom stereocenters. The minimum atomic E-state index is -4.24. The molecule has 4 nitrogen and oxygen atoms in total. The van der Waals surface area contributed by atoms with E-state index in [0.29, 0.717) is 19.8 Å². The van der Waals surface area contributed by atoms with E-state index >= 15 is 0 Å². The lowest BCUT2D eigenvalue weighted by molar-refractivity contribution is -0.153. The van der Waals surface area contributed by atoms with Crippen LogP contribution in [-0.2, 0) is 4.74 Å². The molecule has 7 heteroatoms. The van der Waals surface area contributed by atoms with Crippen LogP contribution in [0, 0.1) is 5.41 Å². The van der Waals surface area contributed by atoms with Crippen LogP contribution in [-0.4, -0.2) is 69.2 Å². The summed E-state index contributed by atoms with van der Waals surface area (Å²) in [5.41, 5.74) is -0.298. The van der Waals surface area contributed by atoms with E-state index in [0.717, 1.165) is 12.8 Å². The van der Waals surface area contributed by atoms with E-state index in [1.165, 1.54) is 4.90 Å². The minimum Gasteiger partial charge on any atom is -0.395 e. The topological polar surface area (TPSA) is 44.7 Å². The Hall–Kier alpha value is -0.370. The fourth-order valence-electron chi connectivity index (χ4n) is 2.69. The van der Waals surface area contributed by atoms with E-state index in [-0.39, 0.29) is 25.1 Å². The molecule has 1 saturated heterocycles. The van der Waals surface area contributed by atoms with Gasteiger partial charge in [0, 0.05) is 31.7 Å². The van der Waals surface area contributed by atoms with E-state index < -0.39 is 12.7 Å². The van der Waals surface area contributed by atoms with Crippen molar-refractivity contribution < 1.29 is 23.0 Å². The Bertz CT molecular complexity index is 250. The van der Waals surface area contributed by atoms with Crippen LogP contribution >= 0.6 is 0 Å². The fourth-order valence-corrected chi connectivity index (χ4v) is 2.69. The standard InChI is InChI=1S/C12H23F3N2O2/c1-16-7-11(3-2-6-19-10-11)8-17(4-5-18)9-12(13,14)15/h16,18H,2-10H2,1H3. The molecule has 0 aromatic heterocycles. The van der Waals surface area contributed by atoms with Crippen LogP contribution < -0.4 is 5.32 Å². The number of nitrogens with zero attached hydrogens (tertiary/aromatic N) is 1. The lowest BCUT2D eigenvalue weighted by Crippen LogP contribution is -2.50. The molecule has 19 heavy (non-hydrogen) atoms. The smallest absolute Gasteiger partial charge is 0.395 e. The van der Waals surface area contributed by atoms with Gasteiger partial charge in [0.05, 0.1) is 19.8 Å². The van der Waals surface area contributed by atoms with Crippen molar-refractivity contribution in [1.29, 1.82) is 0 Å². The van der Waals surface area contributed by atoms with Crippen molar-refractivity contribution in [3.8, 4) is 0 Å². The van der Waals surface area contributed by atoms with Crippen molar-refractivity contribution in [2.75, 3.05) is 53.0 Å². The highest BCUT2D eigenvalue weighted by Gasteiger charge is 2.38. The SMILES string of the molecule is CNCC1(CN(CCO)CC(F)(F)F)CCCOC1. The Labute approximate surface area is 111 Å². The zero-order valence-electron chi connectivity index (χ0n) is 11.3. The Kier molecular flexibility index (Phi) is 6.52. The summed E-state index contributed by atoms with van der Waals surface area (Å²) in [7, 11) is 1.79. The largest absolute Gasteiger partial charge is 0.401 e. The van der Waals surface area contributed by atoms with Gasteiger partial charge in [0.15, 0.2) is 0 Å². The predicted molar refractivity (Wildman–Crippen MR) is 66.0 cm³/mol. The predicted octanol–water partition coefficient (Wildman–Crippen LogP) is 0.859. The van der Waals surface area contributed by atoms with E-state index in [1.807, 2.05) is 0 Å². The van der Waals surface area contributed by atoms with Crippen molar-refractivity contribution in [2.24, 2.45) is 5.41 Å². The van der Waals surface area contributed by atoms with Gasteiger partial charge in [-0.25, -0.2) is 0 Å². The summed E-state index contributed by atoms with van der Waals surface area (Å²) in [5, 5.41) is 12.0. The molecular formula is C12H23F3N2O2. The zero-order chi connectivity index (χ0) is 14.4. The van der Waals surface area contributed by atoms with Crippen LogP contribution in [0.1, 0.15) is 12.8 Å². The highest BCUT2D eigenvalue weighted by molar-refractivity contribution is 4.87. The first-order chi connectivity index (χ1) is 8.91. The molecule has 0 aromatic carbocycles. The number of aliphatic hydroxyl groups excluding tert-OH is 1. The second-order valence-electron chi connectivity index (χ2n) is 5.24. The minimum absolute atomic E-state index is 0.0327. The third-order valence-electron chi connectivity index (χ3n) is 3.33. The van der Waals surface area contributed by atoms with Crippen molar-refractivity contribution in [1.82, 2.24) is 10.2 Å². The molecule has 0 aromatic rings. The first-order valence-electron chi connectivity index (χ1n) is 6.53. The van der Waals surface area contributed by atoms with Crippen molar-refractivity contribution in [3.05, 3.63) is 0 Å². The maximum atomic E-state index is 12.5. The van der Waals surface area contributed by atoms with E-state index in [1.54, 1.807) is 7.05 Å². The van der Waals surface area contributed by atoms with Gasteiger partial charge in [0.25, 0.3) is 0 Å². The molecule has 114 valence electrons. The van der Waals surface area contributed by atoms with Gasteiger partial charge < -0.3 is 15.2 Å². The molecule has 1 fully saturated rings. The van der Waals surface area contributed by atoms with Crippen LogP contribution in [0.15, 0.2) is 0 Å². The average Bonchev–Trinajstić information content (AvgIpc) is 2.28. The van der Waals surface area contributed by atoms with Crippen molar-refractivity contribution in [3.63, 3.8) is 0 Å². The van der Waals surface area contributed by atoms with E-state index in [2.05, 4.69) is 5.32 Å². The maximum Gasteiger partial charge on any atom is 0.401 e. The van der Waals surface area contributed by atoms with Gasteiger partial charge in [-0.2, -0.15) is 13.2 Å². The summed E-state index contributed by atoms with van der Waals surface area (Å²) in [6.07, 6.45) is -2.54. The van der Waals surface area contributed by atoms with Crippen LogP contribution in [0.4, 0.5) is 13.2 Å². The maximum absolute atomic E-state index is 12.5. The molecule has 0 spiro atoms. The molecule has 0 amide bonds. The quantitative estimate of drug-likeness (QED) is 0.728. The van der Waals surface area contributed by atoms with Gasteiger partial charge in [-0.15, -0.1) is 0 Å². The first-order valence-corrected chi connectivity index (χ1v) is 6.53. The lowest BCUT2D eigenvalue weighted by Gasteiger charge is -2.41. The summed E-state index contributed by atoms with van der Waals surface area (Å²) in [5.74, 6) is 0. The summed E-state index contributed by atoms with van der Waals surface area (Å²) >= 11 is 0. The summed E-state index contributed by atoms with van der Waals surface area (Å²) < 4.78 is 43.0. The Morgan fingerprint density at radius 3 is 2.63 bits per heavy atom. The molecule has 0 saturated carbocycles. The fraction of sp³-hybridized carbons (Fsp3) is 1.00. The normalized spacial score (nSPS) is 24.9. The van der Waals surface area contributed by atoms with Gasteiger partial charge >= 0.3 is 6.18 Å². The molecule has 1 heterocycles. The number of nitrogens with one attached hydrogen (secondary N) is 1. The molecular weight excluding hydrogens is 261 g/mol. The third-order valence-corrected chi connectivity index (χ3v) is 3.33. The summed E-state index contributed by atoms with van der Waals surface area (Å²) in [6, 6.07) is 0. The van der Waals surface area contributed by atoms with Crippen LogP contribution in [0.3, 0.4) is 0 Å². The van der Waals surface area contributed by atoms with Gasteiger partial charge in [-0.1, -0.05) is 0 Å². The summed E-state index contributed by atoms with van der Waals surface area (Å²) in [6.45, 7) is 0.815. The molecule has 1 rings (SSSR count). The molecule has 1 unspecified atom stereocenters.